The van der Waals surface area contributed by atoms with E-state index in [-0.39, 0.29) is 0 Å². The van der Waals surface area contributed by atoms with Crippen molar-refractivity contribution in [3.05, 3.63) is 212 Å². The number of anilines is 3. The number of hydrogen-bond donors (Lipinski definition) is 0. The summed E-state index contributed by atoms with van der Waals surface area (Å²) < 4.78 is 13.1. The third-order valence-corrected chi connectivity index (χ3v) is 11.1. The van der Waals surface area contributed by atoms with E-state index in [0.29, 0.717) is 0 Å². The first-order valence-electron chi connectivity index (χ1n) is 19.3. The molecule has 0 aliphatic carbocycles. The van der Waals surface area contributed by atoms with Crippen LogP contribution in [-0.4, -0.2) is 0 Å². The van der Waals surface area contributed by atoms with Crippen molar-refractivity contribution < 1.29 is 8.83 Å². The van der Waals surface area contributed by atoms with Crippen LogP contribution >= 0.6 is 0 Å². The highest BCUT2D eigenvalue weighted by atomic mass is 16.3. The minimum Gasteiger partial charge on any atom is -0.456 e. The summed E-state index contributed by atoms with van der Waals surface area (Å²) in [5.74, 6) is 0. The minimum atomic E-state index is 0.861. The number of para-hydroxylation sites is 2. The minimum absolute atomic E-state index is 0.861. The van der Waals surface area contributed by atoms with Gasteiger partial charge >= 0.3 is 0 Å². The summed E-state index contributed by atoms with van der Waals surface area (Å²) >= 11 is 0. The van der Waals surface area contributed by atoms with Crippen LogP contribution in [0.4, 0.5) is 17.1 Å². The monoisotopic (exact) mass is 729 g/mol. The Balaban J connectivity index is 1.05. The van der Waals surface area contributed by atoms with E-state index in [2.05, 4.69) is 199 Å². The van der Waals surface area contributed by atoms with Gasteiger partial charge in [-0.15, -0.1) is 0 Å². The molecule has 3 heteroatoms. The van der Waals surface area contributed by atoms with Gasteiger partial charge in [-0.2, -0.15) is 0 Å². The van der Waals surface area contributed by atoms with Crippen molar-refractivity contribution in [3.8, 4) is 44.5 Å². The van der Waals surface area contributed by atoms with Gasteiger partial charge in [-0.25, -0.2) is 0 Å². The molecule has 0 spiro atoms. The van der Waals surface area contributed by atoms with E-state index in [9.17, 15) is 0 Å². The van der Waals surface area contributed by atoms with Crippen LogP contribution in [0.15, 0.2) is 221 Å². The number of fused-ring (bicyclic) bond motifs is 6. The molecule has 57 heavy (non-hydrogen) atoms. The zero-order chi connectivity index (χ0) is 37.7. The van der Waals surface area contributed by atoms with Gasteiger partial charge in [0.25, 0.3) is 0 Å². The quantitative estimate of drug-likeness (QED) is 0.164. The molecular formula is C54H35NO2. The van der Waals surface area contributed by atoms with Crippen LogP contribution in [0.25, 0.3) is 88.4 Å². The summed E-state index contributed by atoms with van der Waals surface area (Å²) in [6.45, 7) is 0. The van der Waals surface area contributed by atoms with E-state index < -0.39 is 0 Å². The summed E-state index contributed by atoms with van der Waals surface area (Å²) in [6.07, 6.45) is 0. The van der Waals surface area contributed by atoms with Crippen molar-refractivity contribution in [1.29, 1.82) is 0 Å². The maximum absolute atomic E-state index is 6.74. The van der Waals surface area contributed by atoms with E-state index in [1.54, 1.807) is 0 Å². The molecule has 0 unspecified atom stereocenters. The van der Waals surface area contributed by atoms with Gasteiger partial charge in [-0.3, -0.25) is 0 Å². The second-order valence-corrected chi connectivity index (χ2v) is 14.5. The molecule has 0 fully saturated rings. The standard InChI is InChI=1S/C54H35NO2/c1-3-12-36(13-4-1)38-22-27-42(28-23-38)55(43-29-24-39(25-30-43)37-14-5-2-6-15-37)44-17-11-16-40(34-44)45-32-33-46(54-53(45)49-19-8-10-21-51(49)57-54)41-26-31-48-47-18-7-9-20-50(47)56-52(48)35-41/h1-35H. The van der Waals surface area contributed by atoms with E-state index >= 15 is 0 Å². The molecule has 268 valence electrons. The highest BCUT2D eigenvalue weighted by molar-refractivity contribution is 6.17. The summed E-state index contributed by atoms with van der Waals surface area (Å²) in [5, 5.41) is 4.41. The fourth-order valence-corrected chi connectivity index (χ4v) is 8.32. The highest BCUT2D eigenvalue weighted by Crippen LogP contribution is 2.45. The average Bonchev–Trinajstić information content (AvgIpc) is 3.86. The van der Waals surface area contributed by atoms with Crippen molar-refractivity contribution in [2.45, 2.75) is 0 Å². The molecule has 11 rings (SSSR count). The molecule has 0 saturated carbocycles. The molecular weight excluding hydrogens is 695 g/mol. The van der Waals surface area contributed by atoms with Crippen LogP contribution in [0.1, 0.15) is 0 Å². The van der Waals surface area contributed by atoms with Gasteiger partial charge in [0.05, 0.1) is 0 Å². The van der Waals surface area contributed by atoms with E-state index in [4.69, 9.17) is 8.83 Å². The zero-order valence-electron chi connectivity index (χ0n) is 31.0. The Bertz CT molecular complexity index is 3130. The lowest BCUT2D eigenvalue weighted by molar-refractivity contribution is 0.668. The summed E-state index contributed by atoms with van der Waals surface area (Å²) in [5.41, 5.74) is 15.8. The smallest absolute Gasteiger partial charge is 0.143 e. The Morgan fingerprint density at radius 2 is 0.772 bits per heavy atom. The lowest BCUT2D eigenvalue weighted by atomic mass is 9.94. The van der Waals surface area contributed by atoms with E-state index in [1.165, 1.54) is 22.3 Å². The first kappa shape index (κ1) is 32.8. The fourth-order valence-electron chi connectivity index (χ4n) is 8.32. The normalized spacial score (nSPS) is 11.5. The first-order chi connectivity index (χ1) is 28.2. The molecule has 2 aromatic heterocycles. The number of benzene rings is 9. The summed E-state index contributed by atoms with van der Waals surface area (Å²) in [4.78, 5) is 2.34. The van der Waals surface area contributed by atoms with Gasteiger partial charge in [0.15, 0.2) is 0 Å². The van der Waals surface area contributed by atoms with Crippen molar-refractivity contribution in [1.82, 2.24) is 0 Å². The number of rotatable bonds is 7. The predicted molar refractivity (Wildman–Crippen MR) is 237 cm³/mol. The van der Waals surface area contributed by atoms with Gasteiger partial charge in [-0.05, 0) is 106 Å². The highest BCUT2D eigenvalue weighted by Gasteiger charge is 2.20. The molecule has 0 bridgehead atoms. The third-order valence-electron chi connectivity index (χ3n) is 11.1. The molecule has 9 aromatic carbocycles. The molecule has 2 heterocycles. The van der Waals surface area contributed by atoms with Crippen LogP contribution in [0, 0.1) is 0 Å². The topological polar surface area (TPSA) is 29.5 Å². The second kappa shape index (κ2) is 13.6. The average molecular weight is 730 g/mol. The Labute approximate surface area is 330 Å². The Morgan fingerprint density at radius 1 is 0.281 bits per heavy atom. The van der Waals surface area contributed by atoms with Gasteiger partial charge in [0.1, 0.15) is 22.3 Å². The molecule has 0 aliphatic heterocycles. The molecule has 3 nitrogen and oxygen atoms in total. The lowest BCUT2D eigenvalue weighted by Crippen LogP contribution is -2.10. The number of hydrogen-bond acceptors (Lipinski definition) is 3. The van der Waals surface area contributed by atoms with Crippen molar-refractivity contribution in [3.63, 3.8) is 0 Å². The molecule has 0 aliphatic rings. The van der Waals surface area contributed by atoms with Gasteiger partial charge < -0.3 is 13.7 Å². The molecule has 11 aromatic rings. The Kier molecular flexibility index (Phi) is 7.82. The van der Waals surface area contributed by atoms with Crippen molar-refractivity contribution in [2.24, 2.45) is 0 Å². The molecule has 0 radical (unpaired) electrons. The van der Waals surface area contributed by atoms with Crippen LogP contribution < -0.4 is 4.90 Å². The van der Waals surface area contributed by atoms with E-state index in [1.807, 2.05) is 18.2 Å². The summed E-state index contributed by atoms with van der Waals surface area (Å²) in [7, 11) is 0. The Morgan fingerprint density at radius 3 is 1.44 bits per heavy atom. The van der Waals surface area contributed by atoms with Crippen LogP contribution in [0.3, 0.4) is 0 Å². The molecule has 0 N–H and O–H groups in total. The van der Waals surface area contributed by atoms with Gasteiger partial charge in [0.2, 0.25) is 0 Å². The number of nitrogens with zero attached hydrogens (tertiary/aromatic N) is 1. The maximum atomic E-state index is 6.74. The summed E-state index contributed by atoms with van der Waals surface area (Å²) in [6, 6.07) is 75.1. The lowest BCUT2D eigenvalue weighted by Gasteiger charge is -2.26. The van der Waals surface area contributed by atoms with Crippen molar-refractivity contribution in [2.75, 3.05) is 4.90 Å². The van der Waals surface area contributed by atoms with Gasteiger partial charge in [-0.1, -0.05) is 146 Å². The predicted octanol–water partition coefficient (Wildman–Crippen LogP) is 15.6. The third kappa shape index (κ3) is 5.76. The molecule has 0 amide bonds. The molecule has 0 saturated heterocycles. The van der Waals surface area contributed by atoms with Gasteiger partial charge in [0, 0.05) is 44.2 Å². The molecule has 0 atom stereocenters. The van der Waals surface area contributed by atoms with Crippen molar-refractivity contribution >= 4 is 60.9 Å². The van der Waals surface area contributed by atoms with Crippen LogP contribution in [0.5, 0.6) is 0 Å². The van der Waals surface area contributed by atoms with E-state index in [0.717, 1.165) is 83.2 Å². The SMILES string of the molecule is c1ccc(-c2ccc(N(c3ccc(-c4ccccc4)cc3)c3cccc(-c4ccc(-c5ccc6c(c5)oc5ccccc56)c5oc6ccccc6c45)c3)cc2)cc1. The zero-order valence-corrected chi connectivity index (χ0v) is 31.0. The maximum Gasteiger partial charge on any atom is 0.143 e. The first-order valence-corrected chi connectivity index (χ1v) is 19.3. The fraction of sp³-hybridized carbons (Fsp3) is 0. The second-order valence-electron chi connectivity index (χ2n) is 14.5. The number of furan rings is 2. The Hall–Kier alpha value is -7.62. The largest absolute Gasteiger partial charge is 0.456 e. The van der Waals surface area contributed by atoms with Crippen LogP contribution in [-0.2, 0) is 0 Å². The van der Waals surface area contributed by atoms with Crippen LogP contribution in [0.2, 0.25) is 0 Å².